The third kappa shape index (κ3) is 5.63. The Kier molecular flexibility index (Phi) is 4.52. The quantitative estimate of drug-likeness (QED) is 0.574. The van der Waals surface area contributed by atoms with Crippen molar-refractivity contribution in [2.75, 3.05) is 5.75 Å². The van der Waals surface area contributed by atoms with Gasteiger partial charge in [-0.1, -0.05) is 20.8 Å². The zero-order valence-electron chi connectivity index (χ0n) is 10.3. The molecular weight excluding hydrogens is 235 g/mol. The number of hydrogen-bond acceptors (Lipinski definition) is 3. The summed E-state index contributed by atoms with van der Waals surface area (Å²) < 4.78 is 39.0. The van der Waals surface area contributed by atoms with E-state index >= 15 is 0 Å². The first kappa shape index (κ1) is 15.1. The van der Waals surface area contributed by atoms with Crippen molar-refractivity contribution in [3.63, 3.8) is 0 Å². The highest BCUT2D eigenvalue weighted by Crippen LogP contribution is 2.37. The van der Waals surface area contributed by atoms with Gasteiger partial charge >= 0.3 is 10.2 Å². The van der Waals surface area contributed by atoms with E-state index < -0.39 is 30.4 Å². The molecule has 0 saturated carbocycles. The largest absolute Gasteiger partial charge is 0.413 e. The maximum Gasteiger partial charge on any atom is 0.304 e. The highest BCUT2D eigenvalue weighted by atomic mass is 32.3. The van der Waals surface area contributed by atoms with Crippen molar-refractivity contribution >= 4 is 18.5 Å². The van der Waals surface area contributed by atoms with Gasteiger partial charge in [0.15, 0.2) is 8.32 Å². The van der Waals surface area contributed by atoms with Crippen LogP contribution in [-0.2, 0) is 14.6 Å². The topological polar surface area (TPSA) is 43.4 Å². The molecule has 0 spiro atoms. The smallest absolute Gasteiger partial charge is 0.304 e. The van der Waals surface area contributed by atoms with E-state index in [0.717, 1.165) is 0 Å². The predicted molar refractivity (Wildman–Crippen MR) is 62.6 cm³/mol. The van der Waals surface area contributed by atoms with Gasteiger partial charge in [0.2, 0.25) is 0 Å². The van der Waals surface area contributed by atoms with Crippen LogP contribution in [0.1, 0.15) is 27.7 Å². The maximum atomic E-state index is 12.4. The Morgan fingerprint density at radius 2 is 1.73 bits per heavy atom. The Hall–Kier alpha value is 0.0569. The minimum absolute atomic E-state index is 0.00132. The molecule has 3 nitrogen and oxygen atoms in total. The van der Waals surface area contributed by atoms with E-state index in [-0.39, 0.29) is 5.04 Å². The fourth-order valence-corrected chi connectivity index (χ4v) is 3.19. The molecule has 0 bridgehead atoms. The minimum atomic E-state index is -4.44. The third-order valence-electron chi connectivity index (χ3n) is 2.74. The molecule has 0 aromatic rings. The molecule has 0 aliphatic carbocycles. The van der Waals surface area contributed by atoms with Gasteiger partial charge in [-0.3, -0.25) is 0 Å². The summed E-state index contributed by atoms with van der Waals surface area (Å²) >= 11 is 0. The van der Waals surface area contributed by atoms with Crippen LogP contribution in [-0.4, -0.2) is 28.6 Å². The summed E-state index contributed by atoms with van der Waals surface area (Å²) in [6.45, 7) is 11.8. The standard InChI is InChI=1S/C9H21FO3SSi/c1-8(7-14(10,11)12)13-15(5,6)9(2,3)4/h8H,7H2,1-6H3. The molecule has 6 heteroatoms. The van der Waals surface area contributed by atoms with Crippen LogP contribution in [0.4, 0.5) is 3.89 Å². The van der Waals surface area contributed by atoms with E-state index in [9.17, 15) is 12.3 Å². The molecule has 0 heterocycles. The van der Waals surface area contributed by atoms with Gasteiger partial charge in [-0.05, 0) is 25.1 Å². The molecule has 0 amide bonds. The van der Waals surface area contributed by atoms with Crippen LogP contribution in [0.5, 0.6) is 0 Å². The monoisotopic (exact) mass is 256 g/mol. The van der Waals surface area contributed by atoms with Crippen LogP contribution < -0.4 is 0 Å². The lowest BCUT2D eigenvalue weighted by molar-refractivity contribution is 0.218. The molecule has 0 aromatic heterocycles. The first-order chi connectivity index (χ1) is 6.35. The molecule has 0 saturated heterocycles. The fraction of sp³-hybridized carbons (Fsp3) is 1.00. The predicted octanol–water partition coefficient (Wildman–Crippen LogP) is 2.70. The second-order valence-electron chi connectivity index (χ2n) is 5.39. The van der Waals surface area contributed by atoms with Crippen molar-refractivity contribution in [2.24, 2.45) is 0 Å². The molecule has 0 radical (unpaired) electrons. The molecule has 0 aliphatic heterocycles. The third-order valence-corrected chi connectivity index (χ3v) is 8.21. The summed E-state index contributed by atoms with van der Waals surface area (Å²) in [4.78, 5) is 0. The fourth-order valence-electron chi connectivity index (χ4n) is 0.994. The normalized spacial score (nSPS) is 16.5. The molecule has 15 heavy (non-hydrogen) atoms. The van der Waals surface area contributed by atoms with Gasteiger partial charge in [-0.2, -0.15) is 8.42 Å². The van der Waals surface area contributed by atoms with Crippen LogP contribution >= 0.6 is 0 Å². The highest BCUT2D eigenvalue weighted by molar-refractivity contribution is 7.86. The lowest BCUT2D eigenvalue weighted by Gasteiger charge is -2.38. The summed E-state index contributed by atoms with van der Waals surface area (Å²) in [5, 5.41) is 0.00132. The average Bonchev–Trinajstić information content (AvgIpc) is 1.75. The van der Waals surface area contributed by atoms with Crippen LogP contribution in [0.3, 0.4) is 0 Å². The second-order valence-corrected chi connectivity index (χ2v) is 11.6. The molecule has 0 rings (SSSR count). The zero-order chi connectivity index (χ0) is 12.5. The van der Waals surface area contributed by atoms with Crippen molar-refractivity contribution in [1.82, 2.24) is 0 Å². The van der Waals surface area contributed by atoms with E-state index in [0.29, 0.717) is 0 Å². The molecule has 0 aromatic carbocycles. The number of hydrogen-bond donors (Lipinski definition) is 0. The zero-order valence-corrected chi connectivity index (χ0v) is 12.1. The minimum Gasteiger partial charge on any atom is -0.413 e. The lowest BCUT2D eigenvalue weighted by Crippen LogP contribution is -2.44. The van der Waals surface area contributed by atoms with Crippen molar-refractivity contribution in [1.29, 1.82) is 0 Å². The lowest BCUT2D eigenvalue weighted by atomic mass is 10.2. The Morgan fingerprint density at radius 1 is 1.33 bits per heavy atom. The first-order valence-electron chi connectivity index (χ1n) is 4.95. The van der Waals surface area contributed by atoms with Gasteiger partial charge in [0.05, 0.1) is 6.10 Å². The van der Waals surface area contributed by atoms with Crippen molar-refractivity contribution in [3.8, 4) is 0 Å². The molecular formula is C9H21FO3SSi. The molecule has 0 fully saturated rings. The van der Waals surface area contributed by atoms with Crippen molar-refractivity contribution in [2.45, 2.75) is 51.9 Å². The summed E-state index contributed by atoms with van der Waals surface area (Å²) in [5.74, 6) is -0.556. The molecule has 0 aliphatic rings. The highest BCUT2D eigenvalue weighted by Gasteiger charge is 2.38. The number of halogens is 1. The molecule has 1 atom stereocenters. The summed E-state index contributed by atoms with van der Waals surface area (Å²) in [7, 11) is -6.44. The van der Waals surface area contributed by atoms with Crippen molar-refractivity contribution in [3.05, 3.63) is 0 Å². The molecule has 1 unspecified atom stereocenters. The second kappa shape index (κ2) is 4.51. The van der Waals surface area contributed by atoms with E-state index in [1.807, 2.05) is 13.1 Å². The first-order valence-corrected chi connectivity index (χ1v) is 9.41. The molecule has 92 valence electrons. The Bertz CT molecular complexity index is 306. The van der Waals surface area contributed by atoms with E-state index in [1.54, 1.807) is 6.92 Å². The van der Waals surface area contributed by atoms with Gasteiger partial charge in [0.25, 0.3) is 0 Å². The summed E-state index contributed by atoms with van der Waals surface area (Å²) in [5.41, 5.74) is 0. The summed E-state index contributed by atoms with van der Waals surface area (Å²) in [6, 6.07) is 0. The SMILES string of the molecule is CC(CS(=O)(=O)F)O[Si](C)(C)C(C)(C)C. The van der Waals surface area contributed by atoms with Crippen LogP contribution in [0.2, 0.25) is 18.1 Å². The van der Waals surface area contributed by atoms with Gasteiger partial charge in [-0.15, -0.1) is 3.89 Å². The van der Waals surface area contributed by atoms with Crippen LogP contribution in [0, 0.1) is 0 Å². The van der Waals surface area contributed by atoms with Crippen molar-refractivity contribution < 1.29 is 16.7 Å². The van der Waals surface area contributed by atoms with Gasteiger partial charge < -0.3 is 4.43 Å². The Labute approximate surface area is 93.4 Å². The maximum absolute atomic E-state index is 12.4. The Morgan fingerprint density at radius 3 is 2.00 bits per heavy atom. The van der Waals surface area contributed by atoms with E-state index in [1.165, 1.54) is 0 Å². The molecule has 0 N–H and O–H groups in total. The summed E-state index contributed by atoms with van der Waals surface area (Å²) in [6.07, 6.45) is -0.583. The average molecular weight is 256 g/mol. The van der Waals surface area contributed by atoms with Gasteiger partial charge in [-0.25, -0.2) is 0 Å². The van der Waals surface area contributed by atoms with Gasteiger partial charge in [0.1, 0.15) is 5.75 Å². The Balaban J connectivity index is 4.49. The van der Waals surface area contributed by atoms with Crippen LogP contribution in [0.25, 0.3) is 0 Å². The van der Waals surface area contributed by atoms with E-state index in [2.05, 4.69) is 20.8 Å². The number of rotatable bonds is 4. The van der Waals surface area contributed by atoms with Gasteiger partial charge in [0, 0.05) is 0 Å². The van der Waals surface area contributed by atoms with Crippen LogP contribution in [0.15, 0.2) is 0 Å². The van der Waals surface area contributed by atoms with E-state index in [4.69, 9.17) is 4.43 Å².